The van der Waals surface area contributed by atoms with Crippen LogP contribution in [0.25, 0.3) is 49.7 Å². The van der Waals surface area contributed by atoms with Crippen molar-refractivity contribution in [3.63, 3.8) is 0 Å². The Hall–Kier alpha value is -6.78. The van der Waals surface area contributed by atoms with E-state index in [0.29, 0.717) is 0 Å². The highest BCUT2D eigenvalue weighted by molar-refractivity contribution is 6.73. The third-order valence-electron chi connectivity index (χ3n) is 12.4. The van der Waals surface area contributed by atoms with Crippen LogP contribution in [0.3, 0.4) is 0 Å². The monoisotopic (exact) mass is 730 g/mol. The van der Waals surface area contributed by atoms with E-state index in [1.165, 1.54) is 82.9 Å². The SMILES string of the molecule is Cc1ccc(Nc2cc3c(cc2-c2cc(N(c4ccccc4)c4ccccc4)cc4c2[B]c2cccc5c6ccccc6n-4c25)-c2ccccc2C3(C)C)c(C)c1. The van der Waals surface area contributed by atoms with Gasteiger partial charge in [0.2, 0.25) is 0 Å². The fourth-order valence-electron chi connectivity index (χ4n) is 9.65. The van der Waals surface area contributed by atoms with Crippen molar-refractivity contribution in [2.24, 2.45) is 0 Å². The number of aromatic nitrogens is 1. The predicted molar refractivity (Wildman–Crippen MR) is 243 cm³/mol. The first-order valence-electron chi connectivity index (χ1n) is 19.9. The Morgan fingerprint density at radius 2 is 1.23 bits per heavy atom. The molecule has 0 amide bonds. The molecule has 0 unspecified atom stereocenters. The number of fused-ring (bicyclic) bond motifs is 8. The second kappa shape index (κ2) is 12.6. The Balaban J connectivity index is 1.26. The lowest BCUT2D eigenvalue weighted by atomic mass is 9.59. The smallest absolute Gasteiger partial charge is 0.197 e. The van der Waals surface area contributed by atoms with Gasteiger partial charge in [0.25, 0.3) is 0 Å². The number of nitrogens with one attached hydrogen (secondary N) is 1. The van der Waals surface area contributed by atoms with Crippen molar-refractivity contribution in [3.05, 3.63) is 192 Å². The molecule has 0 fully saturated rings. The molecule has 0 saturated heterocycles. The van der Waals surface area contributed by atoms with Gasteiger partial charge in [-0.1, -0.05) is 134 Å². The number of nitrogens with zero attached hydrogens (tertiary/aromatic N) is 2. The molecule has 3 nitrogen and oxygen atoms in total. The lowest BCUT2D eigenvalue weighted by Crippen LogP contribution is -2.37. The molecule has 1 aromatic heterocycles. The van der Waals surface area contributed by atoms with Crippen LogP contribution in [0.5, 0.6) is 0 Å². The average Bonchev–Trinajstić information content (AvgIpc) is 3.69. The molecule has 0 atom stereocenters. The van der Waals surface area contributed by atoms with Gasteiger partial charge in [0.1, 0.15) is 0 Å². The van der Waals surface area contributed by atoms with Gasteiger partial charge in [-0.05, 0) is 113 Å². The molecule has 1 aliphatic carbocycles. The highest BCUT2D eigenvalue weighted by Crippen LogP contribution is 2.52. The third-order valence-corrected chi connectivity index (χ3v) is 12.4. The van der Waals surface area contributed by atoms with Crippen molar-refractivity contribution in [3.8, 4) is 27.9 Å². The van der Waals surface area contributed by atoms with Crippen LogP contribution in [0.1, 0.15) is 36.1 Å². The molecule has 1 N–H and O–H groups in total. The normalized spacial score (nSPS) is 13.2. The third kappa shape index (κ3) is 5.13. The quantitative estimate of drug-likeness (QED) is 0.172. The van der Waals surface area contributed by atoms with E-state index >= 15 is 0 Å². The van der Waals surface area contributed by atoms with Gasteiger partial charge in [0.05, 0.1) is 5.52 Å². The van der Waals surface area contributed by atoms with Crippen LogP contribution in [0.4, 0.5) is 28.4 Å². The lowest BCUT2D eigenvalue weighted by molar-refractivity contribution is 0.660. The number of hydrogen-bond acceptors (Lipinski definition) is 2. The van der Waals surface area contributed by atoms with E-state index in [-0.39, 0.29) is 5.41 Å². The summed E-state index contributed by atoms with van der Waals surface area (Å²) in [5, 5.41) is 6.54. The Bertz CT molecular complexity index is 3030. The maximum Gasteiger partial charge on any atom is 0.197 e. The summed E-state index contributed by atoms with van der Waals surface area (Å²) in [6.07, 6.45) is 0. The van der Waals surface area contributed by atoms with Crippen molar-refractivity contribution < 1.29 is 0 Å². The minimum atomic E-state index is -0.150. The van der Waals surface area contributed by atoms with Crippen LogP contribution in [0.2, 0.25) is 0 Å². The summed E-state index contributed by atoms with van der Waals surface area (Å²) in [4.78, 5) is 2.40. The van der Waals surface area contributed by atoms with E-state index in [0.717, 1.165) is 28.4 Å². The molecule has 1 aliphatic heterocycles. The summed E-state index contributed by atoms with van der Waals surface area (Å²) >= 11 is 0. The number of para-hydroxylation sites is 4. The zero-order chi connectivity index (χ0) is 38.4. The molecular formula is C53H41BN3. The summed E-state index contributed by atoms with van der Waals surface area (Å²) in [6, 6.07) is 62.5. The second-order valence-electron chi connectivity index (χ2n) is 16.2. The molecule has 8 aromatic carbocycles. The number of rotatable bonds is 6. The van der Waals surface area contributed by atoms with Crippen LogP contribution in [-0.4, -0.2) is 11.8 Å². The summed E-state index contributed by atoms with van der Waals surface area (Å²) in [5.41, 5.74) is 21.6. The van der Waals surface area contributed by atoms with Crippen molar-refractivity contribution in [2.45, 2.75) is 33.1 Å². The molecule has 0 bridgehead atoms. The zero-order valence-corrected chi connectivity index (χ0v) is 32.6. The largest absolute Gasteiger partial charge is 0.355 e. The van der Waals surface area contributed by atoms with E-state index in [1.54, 1.807) is 0 Å². The minimum Gasteiger partial charge on any atom is -0.355 e. The molecule has 2 aliphatic rings. The van der Waals surface area contributed by atoms with Crippen molar-refractivity contribution in [1.29, 1.82) is 0 Å². The van der Waals surface area contributed by atoms with Crippen LogP contribution >= 0.6 is 0 Å². The minimum absolute atomic E-state index is 0.150. The van der Waals surface area contributed by atoms with E-state index < -0.39 is 0 Å². The van der Waals surface area contributed by atoms with Gasteiger partial charge in [-0.15, -0.1) is 0 Å². The van der Waals surface area contributed by atoms with Gasteiger partial charge in [-0.3, -0.25) is 0 Å². The Morgan fingerprint density at radius 3 is 2.00 bits per heavy atom. The number of anilines is 5. The second-order valence-corrected chi connectivity index (χ2v) is 16.2. The fraction of sp³-hybridized carbons (Fsp3) is 0.0943. The molecule has 57 heavy (non-hydrogen) atoms. The van der Waals surface area contributed by atoms with Crippen molar-refractivity contribution in [1.82, 2.24) is 4.57 Å². The predicted octanol–water partition coefficient (Wildman–Crippen LogP) is 12.6. The van der Waals surface area contributed by atoms with Gasteiger partial charge in [-0.25, -0.2) is 0 Å². The van der Waals surface area contributed by atoms with Gasteiger partial charge in [0.15, 0.2) is 7.28 Å². The Morgan fingerprint density at radius 1 is 0.526 bits per heavy atom. The van der Waals surface area contributed by atoms with Crippen LogP contribution in [0, 0.1) is 13.8 Å². The Labute approximate surface area is 335 Å². The fourth-order valence-corrected chi connectivity index (χ4v) is 9.65. The van der Waals surface area contributed by atoms with E-state index in [9.17, 15) is 0 Å². The van der Waals surface area contributed by atoms with Gasteiger partial charge in [-0.2, -0.15) is 0 Å². The molecule has 0 spiro atoms. The zero-order valence-electron chi connectivity index (χ0n) is 32.6. The maximum atomic E-state index is 4.01. The Kier molecular flexibility index (Phi) is 7.43. The molecule has 11 rings (SSSR count). The van der Waals surface area contributed by atoms with Crippen molar-refractivity contribution in [2.75, 3.05) is 10.2 Å². The highest BCUT2D eigenvalue weighted by atomic mass is 15.1. The van der Waals surface area contributed by atoms with Gasteiger partial charge >= 0.3 is 0 Å². The number of hydrogen-bond donors (Lipinski definition) is 1. The average molecular weight is 731 g/mol. The molecule has 9 aromatic rings. The van der Waals surface area contributed by atoms with E-state index in [1.807, 2.05) is 0 Å². The maximum absolute atomic E-state index is 4.01. The highest BCUT2D eigenvalue weighted by Gasteiger charge is 2.37. The first kappa shape index (κ1) is 33.6. The topological polar surface area (TPSA) is 20.2 Å². The first-order chi connectivity index (χ1) is 27.8. The summed E-state index contributed by atoms with van der Waals surface area (Å²) in [6.45, 7) is 9.10. The summed E-state index contributed by atoms with van der Waals surface area (Å²) < 4.78 is 2.51. The van der Waals surface area contributed by atoms with Crippen LogP contribution in [0.15, 0.2) is 170 Å². The van der Waals surface area contributed by atoms with Crippen LogP contribution in [-0.2, 0) is 5.41 Å². The van der Waals surface area contributed by atoms with Crippen molar-refractivity contribution >= 4 is 68.4 Å². The molecular weight excluding hydrogens is 689 g/mol. The number of aryl methyl sites for hydroxylation is 2. The molecule has 0 saturated carbocycles. The number of benzene rings is 8. The summed E-state index contributed by atoms with van der Waals surface area (Å²) in [7, 11) is 2.43. The molecule has 1 radical (unpaired) electrons. The lowest BCUT2D eigenvalue weighted by Gasteiger charge is -2.31. The molecule has 2 heterocycles. The van der Waals surface area contributed by atoms with Gasteiger partial charge < -0.3 is 14.8 Å². The van der Waals surface area contributed by atoms with Crippen LogP contribution < -0.4 is 21.1 Å². The van der Waals surface area contributed by atoms with Gasteiger partial charge in [0, 0.05) is 61.4 Å². The van der Waals surface area contributed by atoms with E-state index in [4.69, 9.17) is 0 Å². The molecule has 271 valence electrons. The summed E-state index contributed by atoms with van der Waals surface area (Å²) in [5.74, 6) is 0. The molecule has 4 heteroatoms. The van der Waals surface area contributed by atoms with E-state index in [2.05, 4.69) is 220 Å². The standard InChI is InChI=1S/C53H41BN3/c1-33-26-27-47(34(2)28-33)55-48-32-45-41(38-20-11-13-23-44(38)53(45,3)4)31-42(48)43-29-37(56(35-16-7-5-8-17-35)36-18-9-6-10-19-36)30-50-51(43)54-46-24-15-22-40-39-21-12-14-25-49(39)57(50)52(40)46/h5-32,55H,1-4H3. The first-order valence-corrected chi connectivity index (χ1v) is 19.9.